The topological polar surface area (TPSA) is 95.9 Å². The van der Waals surface area contributed by atoms with Crippen LogP contribution in [-0.4, -0.2) is 47.0 Å². The zero-order valence-electron chi connectivity index (χ0n) is 20.7. The van der Waals surface area contributed by atoms with Gasteiger partial charge in [0.2, 0.25) is 0 Å². The average Bonchev–Trinajstić information content (AvgIpc) is 3.35. The van der Waals surface area contributed by atoms with Crippen molar-refractivity contribution >= 4 is 41.0 Å². The van der Waals surface area contributed by atoms with Gasteiger partial charge in [0.25, 0.3) is 11.8 Å². The molecule has 5 rings (SSSR count). The summed E-state index contributed by atoms with van der Waals surface area (Å²) >= 11 is 13.2. The number of aryl methyl sites for hydroxylation is 1. The van der Waals surface area contributed by atoms with E-state index in [1.165, 1.54) is 0 Å². The second kappa shape index (κ2) is 10.7. The lowest BCUT2D eigenvalue weighted by Gasteiger charge is -2.30. The lowest BCUT2D eigenvalue weighted by atomic mass is 9.95. The monoisotopic (exact) mass is 552 g/mol. The highest BCUT2D eigenvalue weighted by Gasteiger charge is 2.30. The number of benzene rings is 3. The summed E-state index contributed by atoms with van der Waals surface area (Å²) in [5, 5.41) is 12.6. The molecule has 2 aliphatic rings. The van der Waals surface area contributed by atoms with Crippen LogP contribution in [-0.2, 0) is 30.6 Å². The molecule has 0 unspecified atom stereocenters. The zero-order valence-corrected chi connectivity index (χ0v) is 22.2. The molecule has 1 atom stereocenters. The van der Waals surface area contributed by atoms with Crippen LogP contribution in [0.1, 0.15) is 48.5 Å². The molecule has 2 heterocycles. The summed E-state index contributed by atoms with van der Waals surface area (Å²) in [7, 11) is 0. The highest BCUT2D eigenvalue weighted by molar-refractivity contribution is 6.40. The van der Waals surface area contributed by atoms with Gasteiger partial charge < -0.3 is 20.1 Å². The number of carboxylic acids is 1. The minimum absolute atomic E-state index is 0.0399. The summed E-state index contributed by atoms with van der Waals surface area (Å²) in [6, 6.07) is 13.5. The van der Waals surface area contributed by atoms with Crippen LogP contribution in [0.25, 0.3) is 0 Å². The van der Waals surface area contributed by atoms with Crippen LogP contribution in [0.15, 0.2) is 48.5 Å². The van der Waals surface area contributed by atoms with Gasteiger partial charge in [-0.15, -0.1) is 0 Å². The number of aliphatic carboxylic acids is 1. The van der Waals surface area contributed by atoms with Crippen LogP contribution < -0.4 is 10.1 Å². The largest absolute Gasteiger partial charge is 0.493 e. The summed E-state index contributed by atoms with van der Waals surface area (Å²) in [6.45, 7) is 3.24. The summed E-state index contributed by atoms with van der Waals surface area (Å²) in [5.41, 5.74) is 4.96. The second-order valence-electron chi connectivity index (χ2n) is 9.64. The van der Waals surface area contributed by atoms with Gasteiger partial charge in [0.05, 0.1) is 22.2 Å². The van der Waals surface area contributed by atoms with Crippen LogP contribution in [0.5, 0.6) is 5.75 Å². The smallest absolute Gasteiger partial charge is 0.326 e. The molecule has 0 fully saturated rings. The Morgan fingerprint density at radius 2 is 1.89 bits per heavy atom. The maximum atomic E-state index is 13.2. The van der Waals surface area contributed by atoms with E-state index < -0.39 is 17.9 Å². The predicted molar refractivity (Wildman–Crippen MR) is 144 cm³/mol. The molecule has 2 N–H and O–H groups in total. The molecule has 7 nitrogen and oxygen atoms in total. The third kappa shape index (κ3) is 5.22. The van der Waals surface area contributed by atoms with E-state index in [1.54, 1.807) is 17.0 Å². The Hall–Kier alpha value is -3.55. The van der Waals surface area contributed by atoms with Gasteiger partial charge in [0, 0.05) is 31.5 Å². The van der Waals surface area contributed by atoms with Gasteiger partial charge in [-0.1, -0.05) is 59.1 Å². The van der Waals surface area contributed by atoms with Crippen molar-refractivity contribution in [3.63, 3.8) is 0 Å². The molecule has 2 aliphatic heterocycles. The minimum Gasteiger partial charge on any atom is -0.493 e. The van der Waals surface area contributed by atoms with E-state index in [1.807, 2.05) is 43.3 Å². The number of ether oxygens (including phenoxy) is 1. The molecule has 38 heavy (non-hydrogen) atoms. The molecule has 0 aliphatic carbocycles. The van der Waals surface area contributed by atoms with Crippen LogP contribution in [0.2, 0.25) is 10.0 Å². The lowest BCUT2D eigenvalue weighted by Crippen LogP contribution is -2.42. The first kappa shape index (κ1) is 26.1. The Morgan fingerprint density at radius 3 is 2.66 bits per heavy atom. The second-order valence-corrected chi connectivity index (χ2v) is 10.4. The van der Waals surface area contributed by atoms with Gasteiger partial charge in [0.15, 0.2) is 0 Å². The molecular weight excluding hydrogens is 527 g/mol. The van der Waals surface area contributed by atoms with E-state index in [-0.39, 0.29) is 27.9 Å². The Balaban J connectivity index is 1.34. The minimum atomic E-state index is -1.16. The number of rotatable bonds is 6. The van der Waals surface area contributed by atoms with Crippen molar-refractivity contribution in [1.29, 1.82) is 0 Å². The third-order valence-electron chi connectivity index (χ3n) is 6.99. The number of halogens is 2. The van der Waals surface area contributed by atoms with Gasteiger partial charge >= 0.3 is 5.97 Å². The van der Waals surface area contributed by atoms with E-state index in [0.29, 0.717) is 31.7 Å². The van der Waals surface area contributed by atoms with E-state index in [9.17, 15) is 19.5 Å². The molecule has 9 heteroatoms. The molecule has 0 bridgehead atoms. The van der Waals surface area contributed by atoms with Gasteiger partial charge in [-0.25, -0.2) is 4.79 Å². The van der Waals surface area contributed by atoms with Crippen molar-refractivity contribution in [2.45, 2.75) is 38.8 Å². The number of fused-ring (bicyclic) bond motifs is 2. The first-order chi connectivity index (χ1) is 18.2. The molecule has 196 valence electrons. The Bertz CT molecular complexity index is 1460. The Labute approximate surface area is 230 Å². The number of hydrogen-bond acceptors (Lipinski definition) is 4. The number of nitrogens with zero attached hydrogens (tertiary/aromatic N) is 1. The first-order valence-corrected chi connectivity index (χ1v) is 13.1. The van der Waals surface area contributed by atoms with Crippen LogP contribution in [0.3, 0.4) is 0 Å². The summed E-state index contributed by atoms with van der Waals surface area (Å²) in [5.74, 6) is -1.18. The number of carboxylic acid groups (broad SMARTS) is 1. The van der Waals surface area contributed by atoms with Crippen LogP contribution in [0, 0.1) is 6.92 Å². The highest BCUT2D eigenvalue weighted by Crippen LogP contribution is 2.35. The van der Waals surface area contributed by atoms with Crippen LogP contribution >= 0.6 is 23.2 Å². The van der Waals surface area contributed by atoms with Crippen molar-refractivity contribution in [3.05, 3.63) is 97.5 Å². The number of hydrogen-bond donors (Lipinski definition) is 2. The van der Waals surface area contributed by atoms with Gasteiger partial charge in [-0.05, 0) is 53.8 Å². The Morgan fingerprint density at radius 1 is 1.08 bits per heavy atom. The molecule has 3 aromatic rings. The fourth-order valence-electron chi connectivity index (χ4n) is 5.02. The molecule has 0 radical (unpaired) electrons. The van der Waals surface area contributed by atoms with Gasteiger partial charge in [-0.3, -0.25) is 9.59 Å². The highest BCUT2D eigenvalue weighted by atomic mass is 35.5. The first-order valence-electron chi connectivity index (χ1n) is 12.3. The molecule has 0 saturated heterocycles. The summed E-state index contributed by atoms with van der Waals surface area (Å²) < 4.78 is 5.60. The summed E-state index contributed by atoms with van der Waals surface area (Å²) in [6.07, 6.45) is 1.39. The van der Waals surface area contributed by atoms with Crippen molar-refractivity contribution in [2.24, 2.45) is 0 Å². The maximum absolute atomic E-state index is 13.2. The number of carbonyl (C=O) groups is 3. The van der Waals surface area contributed by atoms with Crippen molar-refractivity contribution in [2.75, 3.05) is 13.2 Å². The molecule has 2 amide bonds. The van der Waals surface area contributed by atoms with E-state index >= 15 is 0 Å². The normalized spacial score (nSPS) is 14.8. The number of amides is 2. The van der Waals surface area contributed by atoms with E-state index in [4.69, 9.17) is 27.9 Å². The zero-order chi connectivity index (χ0) is 27.0. The third-order valence-corrected chi connectivity index (χ3v) is 7.70. The van der Waals surface area contributed by atoms with E-state index in [2.05, 4.69) is 5.32 Å². The number of carbonyl (C=O) groups excluding carboxylic acids is 2. The molecular formula is C29H26Cl2N2O5. The van der Waals surface area contributed by atoms with E-state index in [0.717, 1.165) is 40.0 Å². The predicted octanol–water partition coefficient (Wildman–Crippen LogP) is 4.86. The molecule has 0 saturated carbocycles. The Kier molecular flexibility index (Phi) is 7.32. The van der Waals surface area contributed by atoms with Crippen LogP contribution in [0.4, 0.5) is 0 Å². The van der Waals surface area contributed by atoms with Crippen molar-refractivity contribution < 1.29 is 24.2 Å². The molecule has 0 aromatic heterocycles. The molecule has 0 spiro atoms. The fraction of sp³-hybridized carbons (Fsp3) is 0.276. The summed E-state index contributed by atoms with van der Waals surface area (Å²) in [4.78, 5) is 40.0. The standard InChI is InChI=1S/C29H26Cl2N2O5/c1-16-3-2-4-17(11-16)12-23(29(36)37)32-27(34)25-22(30)13-20-15-33(9-7-21(20)26(25)31)28(35)19-6-5-18-8-10-38-24(18)14-19/h2-6,11,13-14,23H,7-10,12,15H2,1H3,(H,32,34)(H,36,37)/t23-/m0/s1. The molecule has 3 aromatic carbocycles. The van der Waals surface area contributed by atoms with Gasteiger partial charge in [0.1, 0.15) is 11.8 Å². The van der Waals surface area contributed by atoms with Crippen molar-refractivity contribution in [1.82, 2.24) is 10.2 Å². The lowest BCUT2D eigenvalue weighted by molar-refractivity contribution is -0.139. The fourth-order valence-corrected chi connectivity index (χ4v) is 5.78. The van der Waals surface area contributed by atoms with Gasteiger partial charge in [-0.2, -0.15) is 0 Å². The number of nitrogens with one attached hydrogen (secondary N) is 1. The maximum Gasteiger partial charge on any atom is 0.326 e. The average molecular weight is 553 g/mol. The van der Waals surface area contributed by atoms with Crippen molar-refractivity contribution in [3.8, 4) is 5.75 Å². The quantitative estimate of drug-likeness (QED) is 0.455. The SMILES string of the molecule is Cc1cccc(C[C@H](NC(=O)c2c(Cl)cc3c(c2Cl)CCN(C(=O)c2ccc4c(c2)OCC4)C3)C(=O)O)c1.